The minimum absolute atomic E-state index is 0.0285. The Morgan fingerprint density at radius 1 is 1.23 bits per heavy atom. The van der Waals surface area contributed by atoms with Gasteiger partial charge in [0.15, 0.2) is 0 Å². The number of rotatable bonds is 6. The van der Waals surface area contributed by atoms with E-state index in [4.69, 9.17) is 5.26 Å². The Balaban J connectivity index is 1.93. The predicted molar refractivity (Wildman–Crippen MR) is 86.3 cm³/mol. The molecule has 22 heavy (non-hydrogen) atoms. The van der Waals surface area contributed by atoms with Crippen molar-refractivity contribution in [3.8, 4) is 6.07 Å². The summed E-state index contributed by atoms with van der Waals surface area (Å²) in [5, 5.41) is 14.3. The lowest BCUT2D eigenvalue weighted by molar-refractivity contribution is -0.114. The molecule has 6 heteroatoms. The Kier molecular flexibility index (Phi) is 5.81. The Hall–Kier alpha value is -2.52. The fourth-order valence-electron chi connectivity index (χ4n) is 1.78. The lowest BCUT2D eigenvalue weighted by Crippen LogP contribution is -2.22. The van der Waals surface area contributed by atoms with Crippen LogP contribution in [0, 0.1) is 17.1 Å². The van der Waals surface area contributed by atoms with Crippen LogP contribution in [0.1, 0.15) is 0 Å². The molecule has 0 atom stereocenters. The molecule has 0 heterocycles. The highest BCUT2D eigenvalue weighted by Gasteiger charge is 2.07. The van der Waals surface area contributed by atoms with Gasteiger partial charge in [-0.25, -0.2) is 4.39 Å². The highest BCUT2D eigenvalue weighted by atomic mass is 32.2. The van der Waals surface area contributed by atoms with Gasteiger partial charge in [-0.1, -0.05) is 18.2 Å². The molecule has 2 aromatic rings. The van der Waals surface area contributed by atoms with Gasteiger partial charge < -0.3 is 10.6 Å². The third-order valence-corrected chi connectivity index (χ3v) is 3.67. The minimum atomic E-state index is -0.358. The number of halogens is 1. The van der Waals surface area contributed by atoms with E-state index in [1.165, 1.54) is 23.9 Å². The first-order chi connectivity index (χ1) is 10.7. The molecule has 2 aromatic carbocycles. The number of thioether (sulfide) groups is 1. The van der Waals surface area contributed by atoms with E-state index in [2.05, 4.69) is 16.7 Å². The molecule has 0 fully saturated rings. The highest BCUT2D eigenvalue weighted by molar-refractivity contribution is 7.99. The van der Waals surface area contributed by atoms with Crippen molar-refractivity contribution >= 4 is 29.0 Å². The maximum atomic E-state index is 13.0. The third-order valence-electron chi connectivity index (χ3n) is 2.73. The molecule has 0 radical (unpaired) electrons. The Morgan fingerprint density at radius 2 is 2.05 bits per heavy atom. The fraction of sp³-hybridized carbons (Fsp3) is 0.125. The lowest BCUT2D eigenvalue weighted by atomic mass is 10.3. The zero-order valence-corrected chi connectivity index (χ0v) is 12.5. The molecule has 2 N–H and O–H groups in total. The van der Waals surface area contributed by atoms with Crippen molar-refractivity contribution in [1.82, 2.24) is 0 Å². The number of para-hydroxylation sites is 1. The molecule has 2 rings (SSSR count). The molecule has 0 unspecified atom stereocenters. The SMILES string of the molecule is N#CCSc1ccccc1NC(=O)CNc1cccc(F)c1. The number of nitrogens with zero attached hydrogens (tertiary/aromatic N) is 1. The summed E-state index contributed by atoms with van der Waals surface area (Å²) in [4.78, 5) is 12.8. The van der Waals surface area contributed by atoms with Gasteiger partial charge in [0.25, 0.3) is 0 Å². The normalized spacial score (nSPS) is 9.82. The number of nitriles is 1. The summed E-state index contributed by atoms with van der Waals surface area (Å²) in [6, 6.07) is 15.3. The van der Waals surface area contributed by atoms with Crippen LogP contribution in [0.25, 0.3) is 0 Å². The third kappa shape index (κ3) is 4.79. The molecule has 4 nitrogen and oxygen atoms in total. The van der Waals surface area contributed by atoms with Crippen molar-refractivity contribution in [1.29, 1.82) is 5.26 Å². The first kappa shape index (κ1) is 15.9. The Labute approximate surface area is 132 Å². The molecular weight excluding hydrogens is 301 g/mol. The number of hydrogen-bond acceptors (Lipinski definition) is 4. The molecule has 0 aliphatic heterocycles. The number of nitrogens with one attached hydrogen (secondary N) is 2. The second-order valence-electron chi connectivity index (χ2n) is 4.36. The zero-order valence-electron chi connectivity index (χ0n) is 11.7. The van der Waals surface area contributed by atoms with Crippen LogP contribution in [0.3, 0.4) is 0 Å². The van der Waals surface area contributed by atoms with E-state index in [9.17, 15) is 9.18 Å². The van der Waals surface area contributed by atoms with Crippen LogP contribution < -0.4 is 10.6 Å². The Morgan fingerprint density at radius 3 is 2.82 bits per heavy atom. The van der Waals surface area contributed by atoms with Gasteiger partial charge in [-0.2, -0.15) is 5.26 Å². The van der Waals surface area contributed by atoms with Gasteiger partial charge in [-0.3, -0.25) is 4.79 Å². The molecule has 0 aliphatic rings. The van der Waals surface area contributed by atoms with E-state index in [-0.39, 0.29) is 18.3 Å². The minimum Gasteiger partial charge on any atom is -0.376 e. The molecule has 0 aromatic heterocycles. The zero-order chi connectivity index (χ0) is 15.8. The van der Waals surface area contributed by atoms with Crippen molar-refractivity contribution < 1.29 is 9.18 Å². The van der Waals surface area contributed by atoms with Crippen molar-refractivity contribution in [3.05, 3.63) is 54.3 Å². The summed E-state index contributed by atoms with van der Waals surface area (Å²) in [7, 11) is 0. The second-order valence-corrected chi connectivity index (χ2v) is 5.37. The molecular formula is C16H14FN3OS. The number of carbonyl (C=O) groups excluding carboxylic acids is 1. The van der Waals surface area contributed by atoms with Gasteiger partial charge in [0, 0.05) is 10.6 Å². The summed E-state index contributed by atoms with van der Waals surface area (Å²) >= 11 is 1.36. The monoisotopic (exact) mass is 315 g/mol. The van der Waals surface area contributed by atoms with E-state index < -0.39 is 0 Å². The summed E-state index contributed by atoms with van der Waals surface area (Å²) in [5.41, 5.74) is 1.20. The van der Waals surface area contributed by atoms with Gasteiger partial charge in [0.1, 0.15) is 5.82 Å². The van der Waals surface area contributed by atoms with Crippen molar-refractivity contribution in [3.63, 3.8) is 0 Å². The summed E-state index contributed by atoms with van der Waals surface area (Å²) in [6.45, 7) is 0.0285. The van der Waals surface area contributed by atoms with Crippen molar-refractivity contribution in [2.45, 2.75) is 4.90 Å². The van der Waals surface area contributed by atoms with Gasteiger partial charge in [0.05, 0.1) is 24.1 Å². The van der Waals surface area contributed by atoms with E-state index in [1.807, 2.05) is 18.2 Å². The number of anilines is 2. The number of carbonyl (C=O) groups is 1. The first-order valence-corrected chi connectivity index (χ1v) is 7.55. The van der Waals surface area contributed by atoms with Crippen LogP contribution in [0.2, 0.25) is 0 Å². The molecule has 0 saturated carbocycles. The Bertz CT molecular complexity index is 700. The average molecular weight is 315 g/mol. The highest BCUT2D eigenvalue weighted by Crippen LogP contribution is 2.26. The summed E-state index contributed by atoms with van der Waals surface area (Å²) < 4.78 is 13.0. The molecule has 0 aliphatic carbocycles. The average Bonchev–Trinajstić information content (AvgIpc) is 2.52. The van der Waals surface area contributed by atoms with E-state index in [0.717, 1.165) is 4.90 Å². The van der Waals surface area contributed by atoms with Gasteiger partial charge in [-0.15, -0.1) is 11.8 Å². The molecule has 112 valence electrons. The van der Waals surface area contributed by atoms with E-state index in [0.29, 0.717) is 17.1 Å². The largest absolute Gasteiger partial charge is 0.376 e. The van der Waals surface area contributed by atoms with E-state index in [1.54, 1.807) is 18.2 Å². The number of amides is 1. The molecule has 1 amide bonds. The first-order valence-electron chi connectivity index (χ1n) is 6.57. The van der Waals surface area contributed by atoms with Crippen LogP contribution in [0.15, 0.2) is 53.4 Å². The molecule has 0 saturated heterocycles. The van der Waals surface area contributed by atoms with Gasteiger partial charge >= 0.3 is 0 Å². The molecule has 0 bridgehead atoms. The van der Waals surface area contributed by atoms with Gasteiger partial charge in [0.2, 0.25) is 5.91 Å². The lowest BCUT2D eigenvalue weighted by Gasteiger charge is -2.11. The maximum absolute atomic E-state index is 13.0. The maximum Gasteiger partial charge on any atom is 0.243 e. The second kappa shape index (κ2) is 8.05. The smallest absolute Gasteiger partial charge is 0.243 e. The standard InChI is InChI=1S/C16H14FN3OS/c17-12-4-3-5-13(10-12)19-11-16(21)20-14-6-1-2-7-15(14)22-9-8-18/h1-7,10,19H,9,11H2,(H,20,21). The number of hydrogen-bond donors (Lipinski definition) is 2. The predicted octanol–water partition coefficient (Wildman–Crippen LogP) is 3.49. The van der Waals surface area contributed by atoms with Crippen LogP contribution in [0.4, 0.5) is 15.8 Å². The summed E-state index contributed by atoms with van der Waals surface area (Å²) in [5.74, 6) is -0.285. The van der Waals surface area contributed by atoms with Crippen LogP contribution in [-0.2, 0) is 4.79 Å². The van der Waals surface area contributed by atoms with Crippen LogP contribution >= 0.6 is 11.8 Å². The van der Waals surface area contributed by atoms with Crippen LogP contribution in [-0.4, -0.2) is 18.2 Å². The molecule has 0 spiro atoms. The quantitative estimate of drug-likeness (QED) is 0.801. The summed E-state index contributed by atoms with van der Waals surface area (Å²) in [6.07, 6.45) is 0. The van der Waals surface area contributed by atoms with Crippen LogP contribution in [0.5, 0.6) is 0 Å². The van der Waals surface area contributed by atoms with Crippen molar-refractivity contribution in [2.75, 3.05) is 22.9 Å². The number of benzene rings is 2. The van der Waals surface area contributed by atoms with Crippen molar-refractivity contribution in [2.24, 2.45) is 0 Å². The van der Waals surface area contributed by atoms with Gasteiger partial charge in [-0.05, 0) is 30.3 Å². The topological polar surface area (TPSA) is 64.9 Å². The fourth-order valence-corrected chi connectivity index (χ4v) is 2.45. The van der Waals surface area contributed by atoms with E-state index >= 15 is 0 Å².